The fraction of sp³-hybridized carbons (Fsp3) is 0.500. The lowest BCUT2D eigenvalue weighted by atomic mass is 10.2. The average Bonchev–Trinajstić information content (AvgIpc) is 2.52. The number of nitrogens with two attached hydrogens (primary N) is 1. The van der Waals surface area contributed by atoms with Gasteiger partial charge in [0.05, 0.1) is 18.7 Å². The largest absolute Gasteiger partial charge is 0.490 e. The Bertz CT molecular complexity index is 525. The van der Waals surface area contributed by atoms with Gasteiger partial charge in [0.25, 0.3) is 0 Å². The number of rotatable bonds is 4. The van der Waals surface area contributed by atoms with Crippen molar-refractivity contribution in [1.82, 2.24) is 4.90 Å². The Morgan fingerprint density at radius 3 is 3.14 bits per heavy atom. The standard InChI is InChI=1S/C16H21FN2O2/c1-2-19-8-9-20-15(11-19)12-21-16-6-5-14(17)10-13(16)4-3-7-18/h5-6,10,15H,2,7-9,11-12,18H2,1H3. The van der Waals surface area contributed by atoms with Gasteiger partial charge in [-0.05, 0) is 24.7 Å². The average molecular weight is 292 g/mol. The van der Waals surface area contributed by atoms with Crippen LogP contribution in [-0.4, -0.2) is 50.4 Å². The van der Waals surface area contributed by atoms with Crippen molar-refractivity contribution in [3.63, 3.8) is 0 Å². The first-order valence-corrected chi connectivity index (χ1v) is 7.18. The monoisotopic (exact) mass is 292 g/mol. The van der Waals surface area contributed by atoms with Crippen LogP contribution < -0.4 is 10.5 Å². The molecule has 21 heavy (non-hydrogen) atoms. The number of halogens is 1. The van der Waals surface area contributed by atoms with Crippen molar-refractivity contribution in [2.75, 3.05) is 39.4 Å². The summed E-state index contributed by atoms with van der Waals surface area (Å²) in [6.07, 6.45) is 0.0269. The molecule has 0 bridgehead atoms. The van der Waals surface area contributed by atoms with Crippen molar-refractivity contribution in [2.24, 2.45) is 5.73 Å². The zero-order chi connectivity index (χ0) is 15.1. The van der Waals surface area contributed by atoms with Crippen LogP contribution in [0.1, 0.15) is 12.5 Å². The van der Waals surface area contributed by atoms with E-state index in [1.807, 2.05) is 0 Å². The lowest BCUT2D eigenvalue weighted by molar-refractivity contribution is -0.0464. The van der Waals surface area contributed by atoms with Gasteiger partial charge in [-0.3, -0.25) is 4.90 Å². The molecule has 1 saturated heterocycles. The summed E-state index contributed by atoms with van der Waals surface area (Å²) in [6.45, 7) is 6.31. The van der Waals surface area contributed by atoms with E-state index in [-0.39, 0.29) is 18.5 Å². The Morgan fingerprint density at radius 2 is 2.38 bits per heavy atom. The maximum Gasteiger partial charge on any atom is 0.135 e. The Kier molecular flexibility index (Phi) is 6.00. The van der Waals surface area contributed by atoms with Crippen molar-refractivity contribution >= 4 is 0 Å². The maximum absolute atomic E-state index is 13.3. The number of nitrogens with zero attached hydrogens (tertiary/aromatic N) is 1. The van der Waals surface area contributed by atoms with Crippen LogP contribution in [0.4, 0.5) is 4.39 Å². The summed E-state index contributed by atoms with van der Waals surface area (Å²) >= 11 is 0. The summed E-state index contributed by atoms with van der Waals surface area (Å²) < 4.78 is 24.7. The summed E-state index contributed by atoms with van der Waals surface area (Å²) in [5, 5.41) is 0. The predicted octanol–water partition coefficient (Wildman–Crippen LogP) is 1.24. The zero-order valence-electron chi connectivity index (χ0n) is 12.3. The maximum atomic E-state index is 13.3. The van der Waals surface area contributed by atoms with Gasteiger partial charge in [-0.15, -0.1) is 0 Å². The molecule has 2 rings (SSSR count). The molecule has 0 spiro atoms. The van der Waals surface area contributed by atoms with Gasteiger partial charge in [0.1, 0.15) is 24.3 Å². The summed E-state index contributed by atoms with van der Waals surface area (Å²) in [5.41, 5.74) is 5.87. The van der Waals surface area contributed by atoms with Crippen LogP contribution in [0.3, 0.4) is 0 Å². The molecule has 0 amide bonds. The molecule has 1 unspecified atom stereocenters. The fourth-order valence-electron chi connectivity index (χ4n) is 2.22. The van der Waals surface area contributed by atoms with Crippen LogP contribution in [-0.2, 0) is 4.74 Å². The van der Waals surface area contributed by atoms with Crippen molar-refractivity contribution in [3.05, 3.63) is 29.6 Å². The molecule has 114 valence electrons. The van der Waals surface area contributed by atoms with Crippen LogP contribution in [0.5, 0.6) is 5.75 Å². The molecular weight excluding hydrogens is 271 g/mol. The highest BCUT2D eigenvalue weighted by Crippen LogP contribution is 2.19. The van der Waals surface area contributed by atoms with E-state index in [1.54, 1.807) is 6.07 Å². The first-order chi connectivity index (χ1) is 10.2. The lowest BCUT2D eigenvalue weighted by Gasteiger charge is -2.31. The van der Waals surface area contributed by atoms with Crippen LogP contribution in [0.15, 0.2) is 18.2 Å². The van der Waals surface area contributed by atoms with Crippen LogP contribution in [0, 0.1) is 17.7 Å². The van der Waals surface area contributed by atoms with Gasteiger partial charge < -0.3 is 15.2 Å². The van der Waals surface area contributed by atoms with Gasteiger partial charge >= 0.3 is 0 Å². The number of hydrogen-bond donors (Lipinski definition) is 1. The van der Waals surface area contributed by atoms with Crippen molar-refractivity contribution in [3.8, 4) is 17.6 Å². The topological polar surface area (TPSA) is 47.7 Å². The molecule has 1 aliphatic heterocycles. The second-order valence-electron chi connectivity index (χ2n) is 4.84. The lowest BCUT2D eigenvalue weighted by Crippen LogP contribution is -2.44. The molecule has 1 aliphatic rings. The third-order valence-electron chi connectivity index (χ3n) is 3.36. The van der Waals surface area contributed by atoms with Crippen molar-refractivity contribution in [2.45, 2.75) is 13.0 Å². The third-order valence-corrected chi connectivity index (χ3v) is 3.36. The predicted molar refractivity (Wildman–Crippen MR) is 79.7 cm³/mol. The second-order valence-corrected chi connectivity index (χ2v) is 4.84. The highest BCUT2D eigenvalue weighted by Gasteiger charge is 2.20. The van der Waals surface area contributed by atoms with Gasteiger partial charge in [-0.2, -0.15) is 0 Å². The normalized spacial score (nSPS) is 18.9. The van der Waals surface area contributed by atoms with E-state index in [4.69, 9.17) is 15.2 Å². The number of likely N-dealkylation sites (N-methyl/N-ethyl adjacent to an activating group) is 1. The minimum Gasteiger partial charge on any atom is -0.490 e. The van der Waals surface area contributed by atoms with Crippen molar-refractivity contribution < 1.29 is 13.9 Å². The van der Waals surface area contributed by atoms with Gasteiger partial charge in [-0.25, -0.2) is 4.39 Å². The summed E-state index contributed by atoms with van der Waals surface area (Å²) in [5.74, 6) is 5.77. The van der Waals surface area contributed by atoms with E-state index in [0.29, 0.717) is 24.5 Å². The van der Waals surface area contributed by atoms with E-state index >= 15 is 0 Å². The fourth-order valence-corrected chi connectivity index (χ4v) is 2.22. The number of ether oxygens (including phenoxy) is 2. The first kappa shape index (κ1) is 15.8. The van der Waals surface area contributed by atoms with Gasteiger partial charge in [0.2, 0.25) is 0 Å². The molecule has 1 atom stereocenters. The van der Waals surface area contributed by atoms with E-state index in [2.05, 4.69) is 23.7 Å². The van der Waals surface area contributed by atoms with E-state index < -0.39 is 0 Å². The molecule has 1 aromatic rings. The summed E-state index contributed by atoms with van der Waals surface area (Å²) in [7, 11) is 0. The molecule has 4 nitrogen and oxygen atoms in total. The van der Waals surface area contributed by atoms with E-state index in [1.165, 1.54) is 12.1 Å². The molecule has 1 aromatic carbocycles. The molecule has 0 aliphatic carbocycles. The summed E-state index contributed by atoms with van der Waals surface area (Å²) in [4.78, 5) is 2.32. The smallest absolute Gasteiger partial charge is 0.135 e. The molecule has 0 saturated carbocycles. The minimum atomic E-state index is -0.338. The summed E-state index contributed by atoms with van der Waals surface area (Å²) in [6, 6.07) is 4.32. The number of benzene rings is 1. The van der Waals surface area contributed by atoms with Crippen LogP contribution in [0.25, 0.3) is 0 Å². The molecular formula is C16H21FN2O2. The number of morpholine rings is 1. The molecule has 2 N–H and O–H groups in total. The molecule has 5 heteroatoms. The van der Waals surface area contributed by atoms with Crippen molar-refractivity contribution in [1.29, 1.82) is 0 Å². The van der Waals surface area contributed by atoms with E-state index in [0.717, 1.165) is 19.6 Å². The minimum absolute atomic E-state index is 0.0269. The van der Waals surface area contributed by atoms with Crippen LogP contribution >= 0.6 is 0 Å². The Balaban J connectivity index is 1.99. The third kappa shape index (κ3) is 4.71. The van der Waals surface area contributed by atoms with E-state index in [9.17, 15) is 4.39 Å². The van der Waals surface area contributed by atoms with Gasteiger partial charge in [-0.1, -0.05) is 18.8 Å². The molecule has 1 fully saturated rings. The Hall–Kier alpha value is -1.61. The quantitative estimate of drug-likeness (QED) is 0.848. The number of hydrogen-bond acceptors (Lipinski definition) is 4. The molecule has 0 radical (unpaired) electrons. The Labute approximate surface area is 125 Å². The zero-order valence-corrected chi connectivity index (χ0v) is 12.3. The SMILES string of the molecule is CCN1CCOC(COc2ccc(F)cc2C#CCN)C1. The highest BCUT2D eigenvalue weighted by molar-refractivity contribution is 5.46. The van der Waals surface area contributed by atoms with Gasteiger partial charge in [0, 0.05) is 13.1 Å². The van der Waals surface area contributed by atoms with Crippen LogP contribution in [0.2, 0.25) is 0 Å². The molecule has 1 heterocycles. The Morgan fingerprint density at radius 1 is 1.52 bits per heavy atom. The highest BCUT2D eigenvalue weighted by atomic mass is 19.1. The second kappa shape index (κ2) is 7.99. The van der Waals surface area contributed by atoms with Gasteiger partial charge in [0.15, 0.2) is 0 Å². The molecule has 0 aromatic heterocycles. The first-order valence-electron chi connectivity index (χ1n) is 7.18.